The van der Waals surface area contributed by atoms with Crippen molar-refractivity contribution in [2.45, 2.75) is 72.6 Å². The Kier molecular flexibility index (Phi) is 8.12. The summed E-state index contributed by atoms with van der Waals surface area (Å²) in [6.07, 6.45) is 1.73. The van der Waals surface area contributed by atoms with E-state index < -0.39 is 5.60 Å². The van der Waals surface area contributed by atoms with Gasteiger partial charge < -0.3 is 15.0 Å². The van der Waals surface area contributed by atoms with Gasteiger partial charge in [0.15, 0.2) is 0 Å². The number of hydrogen-bond acceptors (Lipinski definition) is 3. The van der Waals surface area contributed by atoms with Gasteiger partial charge in [0, 0.05) is 18.8 Å². The fourth-order valence-corrected chi connectivity index (χ4v) is 3.16. The molecule has 0 aromatic heterocycles. The highest BCUT2D eigenvalue weighted by Gasteiger charge is 2.26. The summed E-state index contributed by atoms with van der Waals surface area (Å²) in [6.45, 7) is 13.5. The van der Waals surface area contributed by atoms with Gasteiger partial charge in [-0.2, -0.15) is 0 Å². The van der Waals surface area contributed by atoms with E-state index in [9.17, 15) is 4.79 Å². The third kappa shape index (κ3) is 7.12. The van der Waals surface area contributed by atoms with E-state index in [2.05, 4.69) is 68.6 Å². The Bertz CT molecular complexity index is 781. The maximum absolute atomic E-state index is 12.8. The molecule has 158 valence electrons. The van der Waals surface area contributed by atoms with Crippen molar-refractivity contribution in [3.8, 4) is 0 Å². The summed E-state index contributed by atoms with van der Waals surface area (Å²) >= 11 is 0. The number of carbonyl (C=O) groups is 1. The van der Waals surface area contributed by atoms with Crippen molar-refractivity contribution in [1.29, 1.82) is 0 Å². The van der Waals surface area contributed by atoms with Gasteiger partial charge in [-0.3, -0.25) is 0 Å². The van der Waals surface area contributed by atoms with Gasteiger partial charge in [-0.25, -0.2) is 4.79 Å². The molecule has 4 nitrogen and oxygen atoms in total. The number of benzene rings is 2. The monoisotopic (exact) mass is 396 g/mol. The molecule has 2 aromatic rings. The van der Waals surface area contributed by atoms with Crippen molar-refractivity contribution < 1.29 is 9.53 Å². The smallest absolute Gasteiger partial charge is 0.410 e. The first-order valence-electron chi connectivity index (χ1n) is 10.6. The summed E-state index contributed by atoms with van der Waals surface area (Å²) < 4.78 is 5.67. The maximum Gasteiger partial charge on any atom is 0.410 e. The van der Waals surface area contributed by atoms with Crippen LogP contribution in [0.2, 0.25) is 0 Å². The first-order chi connectivity index (χ1) is 13.7. The van der Waals surface area contributed by atoms with Gasteiger partial charge in [0.05, 0.1) is 6.04 Å². The minimum absolute atomic E-state index is 0.0609. The minimum Gasteiger partial charge on any atom is -0.444 e. The van der Waals surface area contributed by atoms with Crippen LogP contribution >= 0.6 is 0 Å². The third-order valence-corrected chi connectivity index (χ3v) is 4.92. The molecule has 0 saturated heterocycles. The standard InChI is InChI=1S/C25H36N2O2/c1-7-8-16-27(24(28)29-25(4,5)6)20(3)22-15-14-19(2)23(17-22)26-18-21-12-10-9-11-13-21/h9-15,17,20,26H,7-8,16,18H2,1-6H3/t20-/m0/s1. The molecule has 0 aliphatic carbocycles. The first-order valence-corrected chi connectivity index (χ1v) is 10.6. The second kappa shape index (κ2) is 10.3. The van der Waals surface area contributed by atoms with E-state index in [0.717, 1.165) is 30.6 Å². The molecule has 0 bridgehead atoms. The zero-order valence-electron chi connectivity index (χ0n) is 18.8. The molecule has 1 amide bonds. The number of nitrogens with zero attached hydrogens (tertiary/aromatic N) is 1. The van der Waals surface area contributed by atoms with Gasteiger partial charge >= 0.3 is 6.09 Å². The number of amides is 1. The number of anilines is 1. The summed E-state index contributed by atoms with van der Waals surface area (Å²) in [5, 5.41) is 3.54. The van der Waals surface area contributed by atoms with E-state index in [0.29, 0.717) is 6.54 Å². The Labute approximate surface area is 176 Å². The maximum atomic E-state index is 12.8. The summed E-state index contributed by atoms with van der Waals surface area (Å²) in [7, 11) is 0. The molecule has 0 unspecified atom stereocenters. The molecule has 1 atom stereocenters. The van der Waals surface area contributed by atoms with E-state index in [4.69, 9.17) is 4.74 Å². The number of nitrogens with one attached hydrogen (secondary N) is 1. The lowest BCUT2D eigenvalue weighted by atomic mass is 10.0. The number of hydrogen-bond donors (Lipinski definition) is 1. The summed E-state index contributed by atoms with van der Waals surface area (Å²) in [5.41, 5.74) is 4.13. The molecule has 0 aliphatic heterocycles. The highest BCUT2D eigenvalue weighted by molar-refractivity contribution is 5.69. The average Bonchev–Trinajstić information content (AvgIpc) is 2.67. The van der Waals surface area contributed by atoms with E-state index in [1.54, 1.807) is 0 Å². The fourth-order valence-electron chi connectivity index (χ4n) is 3.16. The van der Waals surface area contributed by atoms with E-state index in [1.807, 2.05) is 31.7 Å². The second-order valence-corrected chi connectivity index (χ2v) is 8.62. The van der Waals surface area contributed by atoms with Crippen molar-refractivity contribution in [3.63, 3.8) is 0 Å². The van der Waals surface area contributed by atoms with Crippen molar-refractivity contribution in [2.24, 2.45) is 0 Å². The molecule has 4 heteroatoms. The molecule has 2 aromatic carbocycles. The summed E-state index contributed by atoms with van der Waals surface area (Å²) in [5.74, 6) is 0. The van der Waals surface area contributed by atoms with Crippen LogP contribution in [-0.4, -0.2) is 23.1 Å². The first kappa shape index (κ1) is 22.8. The number of aryl methyl sites for hydroxylation is 1. The molecule has 0 heterocycles. The van der Waals surface area contributed by atoms with Crippen molar-refractivity contribution in [2.75, 3.05) is 11.9 Å². The van der Waals surface area contributed by atoms with Gasteiger partial charge in [-0.1, -0.05) is 55.8 Å². The topological polar surface area (TPSA) is 41.6 Å². The lowest BCUT2D eigenvalue weighted by Gasteiger charge is -2.32. The van der Waals surface area contributed by atoms with E-state index in [1.165, 1.54) is 11.1 Å². The SMILES string of the molecule is CCCCN(C(=O)OC(C)(C)C)[C@@H](C)c1ccc(C)c(NCc2ccccc2)c1. The highest BCUT2D eigenvalue weighted by atomic mass is 16.6. The van der Waals surface area contributed by atoms with Crippen molar-refractivity contribution in [3.05, 3.63) is 65.2 Å². The average molecular weight is 397 g/mol. The lowest BCUT2D eigenvalue weighted by Crippen LogP contribution is -2.39. The molecule has 0 spiro atoms. The normalized spacial score (nSPS) is 12.3. The largest absolute Gasteiger partial charge is 0.444 e. The molecule has 1 N–H and O–H groups in total. The molecule has 0 fully saturated rings. The van der Waals surface area contributed by atoms with Crippen LogP contribution in [0.4, 0.5) is 10.5 Å². The van der Waals surface area contributed by atoms with Gasteiger partial charge in [-0.15, -0.1) is 0 Å². The number of ether oxygens (including phenoxy) is 1. The molecule has 0 saturated carbocycles. The van der Waals surface area contributed by atoms with Crippen LogP contribution in [0.5, 0.6) is 0 Å². The van der Waals surface area contributed by atoms with Gasteiger partial charge in [0.2, 0.25) is 0 Å². The lowest BCUT2D eigenvalue weighted by molar-refractivity contribution is 0.0170. The van der Waals surface area contributed by atoms with Crippen LogP contribution in [-0.2, 0) is 11.3 Å². The van der Waals surface area contributed by atoms with Crippen LogP contribution in [0.1, 0.15) is 70.2 Å². The number of carbonyl (C=O) groups excluding carboxylic acids is 1. The van der Waals surface area contributed by atoms with Crippen molar-refractivity contribution >= 4 is 11.8 Å². The van der Waals surface area contributed by atoms with Crippen molar-refractivity contribution in [1.82, 2.24) is 4.90 Å². The molecule has 0 radical (unpaired) electrons. The van der Waals surface area contributed by atoms with Gasteiger partial charge in [-0.05, 0) is 63.8 Å². The van der Waals surface area contributed by atoms with Gasteiger partial charge in [0.1, 0.15) is 5.60 Å². The predicted octanol–water partition coefficient (Wildman–Crippen LogP) is 6.71. The minimum atomic E-state index is -0.503. The van der Waals surface area contributed by atoms with Crippen LogP contribution in [0, 0.1) is 6.92 Å². The highest BCUT2D eigenvalue weighted by Crippen LogP contribution is 2.27. The van der Waals surface area contributed by atoms with Crippen LogP contribution in [0.25, 0.3) is 0 Å². The fraction of sp³-hybridized carbons (Fsp3) is 0.480. The van der Waals surface area contributed by atoms with E-state index >= 15 is 0 Å². The Morgan fingerprint density at radius 3 is 2.45 bits per heavy atom. The van der Waals surface area contributed by atoms with Gasteiger partial charge in [0.25, 0.3) is 0 Å². The number of rotatable bonds is 8. The molecule has 29 heavy (non-hydrogen) atoms. The Morgan fingerprint density at radius 2 is 1.83 bits per heavy atom. The zero-order valence-corrected chi connectivity index (χ0v) is 18.8. The van der Waals surface area contributed by atoms with E-state index in [-0.39, 0.29) is 12.1 Å². The molecular weight excluding hydrogens is 360 g/mol. The Balaban J connectivity index is 2.19. The van der Waals surface area contributed by atoms with Crippen LogP contribution < -0.4 is 5.32 Å². The quantitative estimate of drug-likeness (QED) is 0.539. The predicted molar refractivity (Wildman–Crippen MR) is 121 cm³/mol. The molecular formula is C25H36N2O2. The molecule has 2 rings (SSSR count). The summed E-state index contributed by atoms with van der Waals surface area (Å²) in [4.78, 5) is 14.7. The van der Waals surface area contributed by atoms with Crippen LogP contribution in [0.3, 0.4) is 0 Å². The van der Waals surface area contributed by atoms with Crippen LogP contribution in [0.15, 0.2) is 48.5 Å². The third-order valence-electron chi connectivity index (χ3n) is 4.92. The Morgan fingerprint density at radius 1 is 1.14 bits per heavy atom. The second-order valence-electron chi connectivity index (χ2n) is 8.62. The Hall–Kier alpha value is -2.49. The molecule has 0 aliphatic rings. The zero-order chi connectivity index (χ0) is 21.4. The number of unbranched alkanes of at least 4 members (excludes halogenated alkanes) is 1. The summed E-state index contributed by atoms with van der Waals surface area (Å²) in [6, 6.07) is 16.7.